The van der Waals surface area contributed by atoms with E-state index in [0.717, 1.165) is 18.2 Å². The molecule has 10 nitrogen and oxygen atoms in total. The maximum atomic E-state index is 10.8. The van der Waals surface area contributed by atoms with Crippen molar-refractivity contribution in [3.05, 3.63) is 38.4 Å². The lowest BCUT2D eigenvalue weighted by atomic mass is 10.2. The number of carboxylic acid groups (broad SMARTS) is 1. The number of rotatable bonds is 5. The first kappa shape index (κ1) is 14.0. The topological polar surface area (TPSA) is 148 Å². The lowest BCUT2D eigenvalue weighted by molar-refractivity contribution is -0.393. The molecule has 0 fully saturated rings. The Labute approximate surface area is 105 Å². The summed E-state index contributed by atoms with van der Waals surface area (Å²) in [6.07, 6.45) is 0. The van der Waals surface area contributed by atoms with Crippen molar-refractivity contribution in [1.29, 1.82) is 0 Å². The maximum absolute atomic E-state index is 10.8. The Bertz CT molecular complexity index is 582. The highest BCUT2D eigenvalue weighted by Crippen LogP contribution is 2.28. The van der Waals surface area contributed by atoms with E-state index in [1.807, 2.05) is 0 Å². The molecule has 0 heterocycles. The Morgan fingerprint density at radius 3 is 2.42 bits per heavy atom. The summed E-state index contributed by atoms with van der Waals surface area (Å²) in [7, 11) is 0. The molecule has 100 valence electrons. The lowest BCUT2D eigenvalue weighted by Crippen LogP contribution is -2.10. The summed E-state index contributed by atoms with van der Waals surface area (Å²) in [6.45, 7) is 1.19. The standard InChI is InChI=1S/C9H8N4O6/c1-5(9(14)15)10-11-7-3-2-6(12(16)17)4-8(7)13(18)19/h2-4,11H,1H3,(H,14,15). The molecule has 0 bridgehead atoms. The minimum Gasteiger partial charge on any atom is -0.477 e. The van der Waals surface area contributed by atoms with Gasteiger partial charge in [0.25, 0.3) is 5.69 Å². The molecule has 0 aliphatic rings. The molecule has 0 radical (unpaired) electrons. The van der Waals surface area contributed by atoms with Gasteiger partial charge in [0.05, 0.1) is 15.9 Å². The fourth-order valence-corrected chi connectivity index (χ4v) is 1.07. The molecule has 0 amide bonds. The number of hydrogen-bond acceptors (Lipinski definition) is 7. The van der Waals surface area contributed by atoms with Gasteiger partial charge in [-0.15, -0.1) is 0 Å². The Hall–Kier alpha value is -3.04. The van der Waals surface area contributed by atoms with Crippen LogP contribution in [0.4, 0.5) is 17.1 Å². The van der Waals surface area contributed by atoms with Crippen LogP contribution < -0.4 is 5.43 Å². The van der Waals surface area contributed by atoms with Crippen LogP contribution in [0.1, 0.15) is 6.92 Å². The highest BCUT2D eigenvalue weighted by Gasteiger charge is 2.19. The molecular formula is C9H8N4O6. The second-order valence-corrected chi connectivity index (χ2v) is 3.33. The summed E-state index contributed by atoms with van der Waals surface area (Å²) in [6, 6.07) is 2.88. The highest BCUT2D eigenvalue weighted by molar-refractivity contribution is 6.34. The number of nitrogens with zero attached hydrogens (tertiary/aromatic N) is 3. The van der Waals surface area contributed by atoms with Crippen LogP contribution in [0.3, 0.4) is 0 Å². The first-order valence-electron chi connectivity index (χ1n) is 4.79. The molecule has 19 heavy (non-hydrogen) atoms. The SMILES string of the molecule is CC(=NNc1ccc([N+](=O)[O-])cc1[N+](=O)[O-])C(=O)O. The molecule has 1 aromatic carbocycles. The minimum absolute atomic E-state index is 0.142. The van der Waals surface area contributed by atoms with Gasteiger partial charge in [-0.25, -0.2) is 4.79 Å². The van der Waals surface area contributed by atoms with Crippen LogP contribution in [0.5, 0.6) is 0 Å². The number of aliphatic carboxylic acids is 1. The number of benzene rings is 1. The van der Waals surface area contributed by atoms with Gasteiger partial charge in [0.1, 0.15) is 11.4 Å². The number of nitrogens with one attached hydrogen (secondary N) is 1. The molecule has 1 rings (SSSR count). The van der Waals surface area contributed by atoms with Gasteiger partial charge in [0, 0.05) is 6.07 Å². The van der Waals surface area contributed by atoms with Crippen LogP contribution in [-0.4, -0.2) is 26.6 Å². The number of hydrogen-bond donors (Lipinski definition) is 2. The van der Waals surface area contributed by atoms with Gasteiger partial charge < -0.3 is 5.11 Å². The van der Waals surface area contributed by atoms with E-state index in [-0.39, 0.29) is 11.4 Å². The smallest absolute Gasteiger partial charge is 0.351 e. The van der Waals surface area contributed by atoms with Crippen molar-refractivity contribution < 1.29 is 19.7 Å². The van der Waals surface area contributed by atoms with E-state index in [2.05, 4.69) is 10.5 Å². The normalized spacial score (nSPS) is 10.9. The Balaban J connectivity index is 3.14. The number of carbonyl (C=O) groups is 1. The Morgan fingerprint density at radius 1 is 1.32 bits per heavy atom. The molecule has 0 unspecified atom stereocenters. The summed E-state index contributed by atoms with van der Waals surface area (Å²) in [4.78, 5) is 30.1. The fourth-order valence-electron chi connectivity index (χ4n) is 1.07. The van der Waals surface area contributed by atoms with Gasteiger partial charge in [0.15, 0.2) is 0 Å². The first-order valence-corrected chi connectivity index (χ1v) is 4.79. The highest BCUT2D eigenvalue weighted by atomic mass is 16.6. The summed E-state index contributed by atoms with van der Waals surface area (Å²) in [5.74, 6) is -1.29. The minimum atomic E-state index is -1.29. The van der Waals surface area contributed by atoms with Crippen molar-refractivity contribution in [2.75, 3.05) is 5.43 Å². The number of non-ortho nitro benzene ring substituents is 1. The summed E-state index contributed by atoms with van der Waals surface area (Å²) >= 11 is 0. The lowest BCUT2D eigenvalue weighted by Gasteiger charge is -2.02. The van der Waals surface area contributed by atoms with E-state index < -0.39 is 27.2 Å². The molecule has 2 N–H and O–H groups in total. The summed E-state index contributed by atoms with van der Waals surface area (Å²) in [5.41, 5.74) is 0.709. The van der Waals surface area contributed by atoms with E-state index in [1.54, 1.807) is 0 Å². The van der Waals surface area contributed by atoms with Crippen molar-refractivity contribution in [3.63, 3.8) is 0 Å². The quantitative estimate of drug-likeness (QED) is 0.465. The van der Waals surface area contributed by atoms with Gasteiger partial charge in [-0.05, 0) is 13.0 Å². The molecular weight excluding hydrogens is 260 g/mol. The van der Waals surface area contributed by atoms with E-state index in [1.165, 1.54) is 6.92 Å². The summed E-state index contributed by atoms with van der Waals surface area (Å²) < 4.78 is 0. The van der Waals surface area contributed by atoms with Gasteiger partial charge in [-0.1, -0.05) is 0 Å². The van der Waals surface area contributed by atoms with Crippen LogP contribution in [-0.2, 0) is 4.79 Å². The number of hydrazone groups is 1. The average Bonchev–Trinajstić information content (AvgIpc) is 2.35. The molecule has 0 aromatic heterocycles. The van der Waals surface area contributed by atoms with Crippen molar-refractivity contribution in [2.45, 2.75) is 6.92 Å². The first-order chi connectivity index (χ1) is 8.82. The predicted molar refractivity (Wildman–Crippen MR) is 64.1 cm³/mol. The van der Waals surface area contributed by atoms with E-state index in [4.69, 9.17) is 5.11 Å². The van der Waals surface area contributed by atoms with Crippen molar-refractivity contribution >= 4 is 28.7 Å². The van der Waals surface area contributed by atoms with Crippen LogP contribution in [0.15, 0.2) is 23.3 Å². The molecule has 0 saturated carbocycles. The van der Waals surface area contributed by atoms with E-state index in [0.29, 0.717) is 0 Å². The predicted octanol–water partition coefficient (Wildman–Crippen LogP) is 1.38. The van der Waals surface area contributed by atoms with Crippen LogP contribution >= 0.6 is 0 Å². The van der Waals surface area contributed by atoms with E-state index in [9.17, 15) is 25.0 Å². The molecule has 0 atom stereocenters. The third kappa shape index (κ3) is 3.46. The van der Waals surface area contributed by atoms with Crippen molar-refractivity contribution in [2.24, 2.45) is 5.10 Å². The third-order valence-electron chi connectivity index (χ3n) is 2.04. The average molecular weight is 268 g/mol. The van der Waals surface area contributed by atoms with Gasteiger partial charge >= 0.3 is 11.7 Å². The molecule has 0 aliphatic heterocycles. The molecule has 0 saturated heterocycles. The maximum Gasteiger partial charge on any atom is 0.351 e. The second kappa shape index (κ2) is 5.53. The van der Waals surface area contributed by atoms with Crippen LogP contribution in [0.2, 0.25) is 0 Å². The van der Waals surface area contributed by atoms with Gasteiger partial charge in [-0.3, -0.25) is 25.7 Å². The zero-order valence-electron chi connectivity index (χ0n) is 9.56. The number of carboxylic acids is 1. The largest absolute Gasteiger partial charge is 0.477 e. The third-order valence-corrected chi connectivity index (χ3v) is 2.04. The molecule has 1 aromatic rings. The van der Waals surface area contributed by atoms with Gasteiger partial charge in [-0.2, -0.15) is 5.10 Å². The Kier molecular flexibility index (Phi) is 4.08. The second-order valence-electron chi connectivity index (χ2n) is 3.33. The van der Waals surface area contributed by atoms with Gasteiger partial charge in [0.2, 0.25) is 0 Å². The molecule has 10 heteroatoms. The number of nitro benzene ring substituents is 2. The van der Waals surface area contributed by atoms with Crippen LogP contribution in [0, 0.1) is 20.2 Å². The number of anilines is 1. The Morgan fingerprint density at radius 2 is 1.95 bits per heavy atom. The zero-order chi connectivity index (χ0) is 14.6. The monoisotopic (exact) mass is 268 g/mol. The molecule has 0 aliphatic carbocycles. The zero-order valence-corrected chi connectivity index (χ0v) is 9.56. The van der Waals surface area contributed by atoms with Crippen molar-refractivity contribution in [3.8, 4) is 0 Å². The van der Waals surface area contributed by atoms with Crippen LogP contribution in [0.25, 0.3) is 0 Å². The van der Waals surface area contributed by atoms with Crippen molar-refractivity contribution in [1.82, 2.24) is 0 Å². The van der Waals surface area contributed by atoms with E-state index >= 15 is 0 Å². The summed E-state index contributed by atoms with van der Waals surface area (Å²) in [5, 5.41) is 33.2. The molecule has 0 spiro atoms. The number of nitro groups is 2. The fraction of sp³-hybridized carbons (Fsp3) is 0.111.